The van der Waals surface area contributed by atoms with E-state index < -0.39 is 0 Å². The molecule has 1 unspecified atom stereocenters. The van der Waals surface area contributed by atoms with Gasteiger partial charge in [0.05, 0.1) is 0 Å². The third-order valence-electron chi connectivity index (χ3n) is 2.24. The zero-order valence-electron chi connectivity index (χ0n) is 7.42. The summed E-state index contributed by atoms with van der Waals surface area (Å²) in [5.74, 6) is 0.887. The van der Waals surface area contributed by atoms with Gasteiger partial charge >= 0.3 is 0 Å². The molecule has 0 aromatic carbocycles. The molecule has 1 rings (SSSR count). The van der Waals surface area contributed by atoms with Crippen LogP contribution in [0.5, 0.6) is 0 Å². The Morgan fingerprint density at radius 1 is 1.09 bits per heavy atom. The van der Waals surface area contributed by atoms with Gasteiger partial charge in [0.2, 0.25) is 0 Å². The van der Waals surface area contributed by atoms with E-state index in [1.54, 1.807) is 0 Å². The lowest BCUT2D eigenvalue weighted by Gasteiger charge is -2.07. The summed E-state index contributed by atoms with van der Waals surface area (Å²) in [5.41, 5.74) is 0. The van der Waals surface area contributed by atoms with Gasteiger partial charge in [0.25, 0.3) is 0 Å². The quantitative estimate of drug-likeness (QED) is 0.494. The van der Waals surface area contributed by atoms with E-state index in [2.05, 4.69) is 31.2 Å². The first-order valence-electron chi connectivity index (χ1n) is 4.71. The molecular formula is C11H18. The maximum absolute atomic E-state index is 2.34. The summed E-state index contributed by atoms with van der Waals surface area (Å²) in [6.07, 6.45) is 15.6. The van der Waals surface area contributed by atoms with Gasteiger partial charge in [0.1, 0.15) is 0 Å². The molecule has 0 amide bonds. The molecule has 0 spiro atoms. The van der Waals surface area contributed by atoms with E-state index in [0.717, 1.165) is 5.92 Å². The van der Waals surface area contributed by atoms with Gasteiger partial charge in [0, 0.05) is 0 Å². The van der Waals surface area contributed by atoms with Gasteiger partial charge in [-0.2, -0.15) is 0 Å². The monoisotopic (exact) mass is 150 g/mol. The Bertz CT molecular complexity index is 142. The zero-order valence-corrected chi connectivity index (χ0v) is 7.42. The fraction of sp³-hybridized carbons (Fsp3) is 0.636. The van der Waals surface area contributed by atoms with Crippen LogP contribution in [0.1, 0.15) is 39.0 Å². The first kappa shape index (κ1) is 8.58. The van der Waals surface area contributed by atoms with Crippen molar-refractivity contribution >= 4 is 0 Å². The van der Waals surface area contributed by atoms with E-state index in [1.165, 1.54) is 32.1 Å². The van der Waals surface area contributed by atoms with Crippen molar-refractivity contribution in [2.75, 3.05) is 0 Å². The van der Waals surface area contributed by atoms with Crippen LogP contribution in [0.3, 0.4) is 0 Å². The van der Waals surface area contributed by atoms with Crippen molar-refractivity contribution in [3.8, 4) is 0 Å². The molecule has 0 bridgehead atoms. The fourth-order valence-electron chi connectivity index (χ4n) is 1.44. The minimum absolute atomic E-state index is 0.887. The molecule has 11 heavy (non-hydrogen) atoms. The van der Waals surface area contributed by atoms with E-state index in [9.17, 15) is 0 Å². The lowest BCUT2D eigenvalue weighted by molar-refractivity contribution is 0.504. The summed E-state index contributed by atoms with van der Waals surface area (Å²) in [4.78, 5) is 0. The smallest absolute Gasteiger partial charge is 0.0322 e. The number of hydrogen-bond acceptors (Lipinski definition) is 0. The second-order valence-corrected chi connectivity index (χ2v) is 3.48. The summed E-state index contributed by atoms with van der Waals surface area (Å²) in [7, 11) is 0. The van der Waals surface area contributed by atoms with Crippen LogP contribution in [0.4, 0.5) is 0 Å². The minimum Gasteiger partial charge on any atom is -0.0845 e. The lowest BCUT2D eigenvalue weighted by Crippen LogP contribution is -1.92. The van der Waals surface area contributed by atoms with E-state index in [0.29, 0.717) is 0 Å². The Balaban J connectivity index is 2.36. The normalized spacial score (nSPS) is 26.8. The summed E-state index contributed by atoms with van der Waals surface area (Å²) in [6, 6.07) is 0. The molecule has 62 valence electrons. The van der Waals surface area contributed by atoms with Crippen LogP contribution in [0.15, 0.2) is 24.3 Å². The van der Waals surface area contributed by atoms with E-state index in [-0.39, 0.29) is 0 Å². The van der Waals surface area contributed by atoms with Gasteiger partial charge in [-0.3, -0.25) is 0 Å². The Labute approximate surface area is 70.0 Å². The molecule has 0 N–H and O–H groups in total. The standard InChI is InChI=1S/C11H18/c1-11-9-7-5-3-2-4-6-8-10-11/h2-3,5,7,11H,4,6,8-10H2,1H3. The van der Waals surface area contributed by atoms with E-state index >= 15 is 0 Å². The number of rotatable bonds is 0. The highest BCUT2D eigenvalue weighted by Crippen LogP contribution is 2.14. The Morgan fingerprint density at radius 3 is 2.82 bits per heavy atom. The Kier molecular flexibility index (Phi) is 4.03. The van der Waals surface area contributed by atoms with Crippen LogP contribution >= 0.6 is 0 Å². The van der Waals surface area contributed by atoms with Crippen LogP contribution in [0.2, 0.25) is 0 Å². The summed E-state index contributed by atoms with van der Waals surface area (Å²) < 4.78 is 0. The van der Waals surface area contributed by atoms with Crippen LogP contribution in [0.25, 0.3) is 0 Å². The molecule has 0 saturated heterocycles. The predicted octanol–water partition coefficient (Wildman–Crippen LogP) is 3.70. The molecule has 0 heterocycles. The molecular weight excluding hydrogens is 132 g/mol. The largest absolute Gasteiger partial charge is 0.0845 e. The van der Waals surface area contributed by atoms with Crippen molar-refractivity contribution in [1.29, 1.82) is 0 Å². The topological polar surface area (TPSA) is 0 Å². The highest BCUT2D eigenvalue weighted by Gasteiger charge is 1.98. The summed E-state index contributed by atoms with van der Waals surface area (Å²) in [6.45, 7) is 2.34. The van der Waals surface area contributed by atoms with Crippen LogP contribution < -0.4 is 0 Å². The van der Waals surface area contributed by atoms with Gasteiger partial charge in [0.15, 0.2) is 0 Å². The molecule has 0 aromatic rings. The molecule has 1 aliphatic carbocycles. The first-order valence-corrected chi connectivity index (χ1v) is 4.71. The van der Waals surface area contributed by atoms with Gasteiger partial charge in [-0.15, -0.1) is 0 Å². The summed E-state index contributed by atoms with van der Waals surface area (Å²) >= 11 is 0. The molecule has 1 aliphatic rings. The Hall–Kier alpha value is -0.520. The second kappa shape index (κ2) is 5.17. The average Bonchev–Trinajstić information content (AvgIpc) is 2.03. The van der Waals surface area contributed by atoms with Crippen molar-refractivity contribution in [3.63, 3.8) is 0 Å². The van der Waals surface area contributed by atoms with Crippen LogP contribution in [0, 0.1) is 5.92 Å². The summed E-state index contributed by atoms with van der Waals surface area (Å²) in [5, 5.41) is 0. The van der Waals surface area contributed by atoms with Crippen molar-refractivity contribution in [2.45, 2.75) is 39.0 Å². The molecule has 0 heteroatoms. The SMILES string of the molecule is CC1CC=CC=CCCCC1. The lowest BCUT2D eigenvalue weighted by atomic mass is 9.99. The van der Waals surface area contributed by atoms with E-state index in [4.69, 9.17) is 0 Å². The Morgan fingerprint density at radius 2 is 1.91 bits per heavy atom. The second-order valence-electron chi connectivity index (χ2n) is 3.48. The van der Waals surface area contributed by atoms with Crippen LogP contribution in [-0.4, -0.2) is 0 Å². The van der Waals surface area contributed by atoms with Crippen molar-refractivity contribution in [1.82, 2.24) is 0 Å². The molecule has 0 saturated carbocycles. The number of allylic oxidation sites excluding steroid dienone is 4. The third-order valence-corrected chi connectivity index (χ3v) is 2.24. The van der Waals surface area contributed by atoms with Gasteiger partial charge in [-0.1, -0.05) is 44.1 Å². The van der Waals surface area contributed by atoms with Crippen LogP contribution in [-0.2, 0) is 0 Å². The first-order chi connectivity index (χ1) is 5.39. The molecule has 1 atom stereocenters. The molecule has 0 nitrogen and oxygen atoms in total. The van der Waals surface area contributed by atoms with Crippen molar-refractivity contribution in [2.24, 2.45) is 5.92 Å². The highest BCUT2D eigenvalue weighted by atomic mass is 14.0. The maximum atomic E-state index is 2.34. The molecule has 0 fully saturated rings. The van der Waals surface area contributed by atoms with E-state index in [1.807, 2.05) is 0 Å². The number of hydrogen-bond donors (Lipinski definition) is 0. The fourth-order valence-corrected chi connectivity index (χ4v) is 1.44. The highest BCUT2D eigenvalue weighted by molar-refractivity contribution is 5.02. The third kappa shape index (κ3) is 4.02. The minimum atomic E-state index is 0.887. The van der Waals surface area contributed by atoms with Gasteiger partial charge in [-0.25, -0.2) is 0 Å². The van der Waals surface area contributed by atoms with Crippen molar-refractivity contribution in [3.05, 3.63) is 24.3 Å². The zero-order chi connectivity index (χ0) is 7.94. The molecule has 0 aromatic heterocycles. The van der Waals surface area contributed by atoms with Gasteiger partial charge in [-0.05, 0) is 25.2 Å². The molecule has 0 radical (unpaired) electrons. The maximum Gasteiger partial charge on any atom is -0.0322 e. The average molecular weight is 150 g/mol. The predicted molar refractivity (Wildman–Crippen MR) is 50.5 cm³/mol. The van der Waals surface area contributed by atoms with Crippen molar-refractivity contribution < 1.29 is 0 Å². The molecule has 0 aliphatic heterocycles. The van der Waals surface area contributed by atoms with Gasteiger partial charge < -0.3 is 0 Å².